The second-order valence-corrected chi connectivity index (χ2v) is 5.08. The fourth-order valence-electron chi connectivity index (χ4n) is 1.92. The van der Waals surface area contributed by atoms with Crippen LogP contribution in [0.15, 0.2) is 32.8 Å². The molecule has 0 bridgehead atoms. The zero-order chi connectivity index (χ0) is 19.6. The quantitative estimate of drug-likeness (QED) is 0.104. The molecule has 2 rings (SSSR count). The number of benzene rings is 1. The van der Waals surface area contributed by atoms with Crippen molar-refractivity contribution in [3.8, 4) is 0 Å². The van der Waals surface area contributed by atoms with Gasteiger partial charge in [-0.25, -0.2) is 14.0 Å². The molecular formula is C14H18BFN8O3. The molecule has 2 aromatic rings. The van der Waals surface area contributed by atoms with Gasteiger partial charge in [0.2, 0.25) is 5.82 Å². The van der Waals surface area contributed by atoms with Crippen LogP contribution in [0.4, 0.5) is 15.9 Å². The lowest BCUT2D eigenvalue weighted by molar-refractivity contribution is 0.234. The monoisotopic (exact) mass is 376 g/mol. The maximum absolute atomic E-state index is 13.2. The third-order valence-corrected chi connectivity index (χ3v) is 3.14. The van der Waals surface area contributed by atoms with Gasteiger partial charge in [-0.15, -0.1) is 0 Å². The average molecular weight is 376 g/mol. The third kappa shape index (κ3) is 5.93. The number of nitrogens with two attached hydrogens (primary N) is 1. The molecule has 0 aliphatic rings. The van der Waals surface area contributed by atoms with E-state index in [1.165, 1.54) is 12.1 Å². The largest absolute Gasteiger partial charge is 0.394 e. The van der Waals surface area contributed by atoms with E-state index in [2.05, 4.69) is 35.6 Å². The van der Waals surface area contributed by atoms with Crippen molar-refractivity contribution < 1.29 is 19.3 Å². The number of amidine groups is 1. The lowest BCUT2D eigenvalue weighted by atomic mass is 9.95. The number of hydrogen-bond acceptors (Lipinski definition) is 8. The summed E-state index contributed by atoms with van der Waals surface area (Å²) in [5.41, 5.74) is 7.77. The highest BCUT2D eigenvalue weighted by Crippen LogP contribution is 2.15. The molecule has 27 heavy (non-hydrogen) atoms. The van der Waals surface area contributed by atoms with E-state index in [1.54, 1.807) is 0 Å². The van der Waals surface area contributed by atoms with Gasteiger partial charge < -0.3 is 21.5 Å². The molecule has 11 nitrogen and oxygen atoms in total. The number of hydrogen-bond donors (Lipinski definition) is 6. The van der Waals surface area contributed by atoms with Gasteiger partial charge in [-0.05, 0) is 28.5 Å². The Bertz CT molecular complexity index is 813. The molecular weight excluding hydrogens is 358 g/mol. The van der Waals surface area contributed by atoms with Crippen LogP contribution in [-0.2, 0) is 0 Å². The lowest BCUT2D eigenvalue weighted by Crippen LogP contribution is -2.35. The summed E-state index contributed by atoms with van der Waals surface area (Å²) in [4.78, 5) is 7.96. The van der Waals surface area contributed by atoms with Crippen LogP contribution >= 0.6 is 0 Å². The normalized spacial score (nSPS) is 12.1. The fraction of sp³-hybridized carbons (Fsp3) is 0.286. The van der Waals surface area contributed by atoms with Crippen molar-refractivity contribution in [3.63, 3.8) is 0 Å². The Labute approximate surface area is 154 Å². The molecule has 0 saturated carbocycles. The third-order valence-electron chi connectivity index (χ3n) is 3.14. The number of halogens is 1. The Kier molecular flexibility index (Phi) is 7.52. The zero-order valence-electron chi connectivity index (χ0n) is 14.2. The van der Waals surface area contributed by atoms with Crippen molar-refractivity contribution in [3.05, 3.63) is 29.7 Å². The molecule has 0 spiro atoms. The Morgan fingerprint density at radius 1 is 1.33 bits per heavy atom. The van der Waals surface area contributed by atoms with Crippen LogP contribution in [0, 0.1) is 5.82 Å². The van der Waals surface area contributed by atoms with Crippen LogP contribution in [0.3, 0.4) is 0 Å². The first-order valence-corrected chi connectivity index (χ1v) is 7.80. The van der Waals surface area contributed by atoms with E-state index in [0.29, 0.717) is 13.1 Å². The Morgan fingerprint density at radius 3 is 2.85 bits per heavy atom. The summed E-state index contributed by atoms with van der Waals surface area (Å²) in [6.45, 7) is 0.865. The van der Waals surface area contributed by atoms with Gasteiger partial charge in [0.15, 0.2) is 17.5 Å². The Balaban J connectivity index is 2.03. The number of rotatable bonds is 8. The molecule has 0 unspecified atom stereocenters. The van der Waals surface area contributed by atoms with Gasteiger partial charge in [0, 0.05) is 13.1 Å². The van der Waals surface area contributed by atoms with Crippen LogP contribution in [0.2, 0.25) is 0 Å². The molecule has 7 N–H and O–H groups in total. The number of anilines is 1. The fourth-order valence-corrected chi connectivity index (χ4v) is 1.92. The number of aromatic nitrogens is 2. The van der Waals surface area contributed by atoms with Crippen molar-refractivity contribution in [2.24, 2.45) is 15.7 Å². The predicted octanol–water partition coefficient (Wildman–Crippen LogP) is -1.63. The molecule has 0 atom stereocenters. The minimum atomic E-state index is -0.577. The number of nitrogens with zero attached hydrogens (tertiary/aromatic N) is 4. The lowest BCUT2D eigenvalue weighted by Gasteiger charge is -2.07. The van der Waals surface area contributed by atoms with Gasteiger partial charge in [0.1, 0.15) is 13.7 Å². The van der Waals surface area contributed by atoms with E-state index in [-0.39, 0.29) is 47.6 Å². The molecule has 0 amide bonds. The molecule has 1 aromatic heterocycles. The van der Waals surface area contributed by atoms with Crippen LogP contribution in [0.25, 0.3) is 0 Å². The summed E-state index contributed by atoms with van der Waals surface area (Å²) in [7, 11) is 5.50. The molecule has 2 radical (unpaired) electrons. The minimum absolute atomic E-state index is 0.0817. The molecule has 1 aromatic carbocycles. The van der Waals surface area contributed by atoms with Crippen LogP contribution in [-0.4, -0.2) is 66.5 Å². The first-order valence-electron chi connectivity index (χ1n) is 7.80. The highest BCUT2D eigenvalue weighted by molar-refractivity contribution is 6.32. The molecule has 0 saturated heterocycles. The first kappa shape index (κ1) is 20.1. The van der Waals surface area contributed by atoms with Crippen molar-refractivity contribution in [1.82, 2.24) is 21.1 Å². The van der Waals surface area contributed by atoms with E-state index < -0.39 is 5.82 Å². The van der Waals surface area contributed by atoms with Crippen molar-refractivity contribution in [2.45, 2.75) is 0 Å². The first-order chi connectivity index (χ1) is 13.0. The summed E-state index contributed by atoms with van der Waals surface area (Å²) in [6, 6.07) is 3.82. The maximum Gasteiger partial charge on any atom is 0.202 e. The maximum atomic E-state index is 13.2. The van der Waals surface area contributed by atoms with Gasteiger partial charge in [-0.1, -0.05) is 5.46 Å². The SMILES string of the molecule is [B]c1cc(N=C(NO)c2nonc2NCCNC(N)=NCCO)ccc1F. The van der Waals surface area contributed by atoms with Crippen LogP contribution < -0.4 is 27.3 Å². The number of hydroxylamine groups is 1. The smallest absolute Gasteiger partial charge is 0.202 e. The number of aliphatic hydroxyl groups is 1. The van der Waals surface area contributed by atoms with Crippen molar-refractivity contribution in [2.75, 3.05) is 31.6 Å². The summed E-state index contributed by atoms with van der Waals surface area (Å²) in [5, 5.41) is 31.1. The second kappa shape index (κ2) is 10.1. The number of guanidine groups is 1. The molecule has 13 heteroatoms. The number of aliphatic hydroxyl groups excluding tert-OH is 1. The van der Waals surface area contributed by atoms with E-state index in [1.807, 2.05) is 5.48 Å². The molecule has 142 valence electrons. The van der Waals surface area contributed by atoms with Crippen molar-refractivity contribution >= 4 is 36.6 Å². The topological polar surface area (TPSA) is 166 Å². The van der Waals surface area contributed by atoms with E-state index in [0.717, 1.165) is 6.07 Å². The second-order valence-electron chi connectivity index (χ2n) is 5.08. The van der Waals surface area contributed by atoms with Crippen molar-refractivity contribution in [1.29, 1.82) is 0 Å². The molecule has 0 aliphatic carbocycles. The van der Waals surface area contributed by atoms with Gasteiger partial charge in [-0.3, -0.25) is 15.7 Å². The highest BCUT2D eigenvalue weighted by atomic mass is 19.1. The minimum Gasteiger partial charge on any atom is -0.394 e. The predicted molar refractivity (Wildman–Crippen MR) is 97.3 cm³/mol. The Hall–Kier alpha value is -3.19. The van der Waals surface area contributed by atoms with Crippen LogP contribution in [0.1, 0.15) is 5.69 Å². The number of nitrogens with one attached hydrogen (secondary N) is 3. The number of aliphatic imine (C=N–C) groups is 2. The van der Waals surface area contributed by atoms with Crippen LogP contribution in [0.5, 0.6) is 0 Å². The highest BCUT2D eigenvalue weighted by Gasteiger charge is 2.16. The summed E-state index contributed by atoms with van der Waals surface area (Å²) in [6.07, 6.45) is 0. The van der Waals surface area contributed by atoms with Gasteiger partial charge in [-0.2, -0.15) is 0 Å². The standard InChI is InChI=1S/C14H18BFN8O3/c15-9-7-8(1-2-10(9)16)21-13(22-26)11-12(24-27-23-11)18-3-4-19-14(17)20-5-6-25/h1-2,7,25-26H,3-6H2,(H,18,24)(H,21,22)(H3,17,19,20). The molecule has 0 fully saturated rings. The Morgan fingerprint density at radius 2 is 2.15 bits per heavy atom. The van der Waals surface area contributed by atoms with Gasteiger partial charge in [0.05, 0.1) is 18.8 Å². The summed E-state index contributed by atoms with van der Waals surface area (Å²) >= 11 is 0. The van der Waals surface area contributed by atoms with E-state index >= 15 is 0 Å². The average Bonchev–Trinajstić information content (AvgIpc) is 3.12. The molecule has 0 aliphatic heterocycles. The summed E-state index contributed by atoms with van der Waals surface area (Å²) in [5.74, 6) is -0.260. The van der Waals surface area contributed by atoms with E-state index in [9.17, 15) is 9.60 Å². The van der Waals surface area contributed by atoms with Gasteiger partial charge >= 0.3 is 0 Å². The van der Waals surface area contributed by atoms with Gasteiger partial charge in [0.25, 0.3) is 0 Å². The molecule has 1 heterocycles. The summed E-state index contributed by atoms with van der Waals surface area (Å²) < 4.78 is 17.9. The zero-order valence-corrected chi connectivity index (χ0v) is 14.2. The van der Waals surface area contributed by atoms with E-state index in [4.69, 9.17) is 18.7 Å².